The smallest absolute Gasteiger partial charge is 0.310 e. The van der Waals surface area contributed by atoms with Crippen molar-refractivity contribution in [2.24, 2.45) is 11.8 Å². The molecule has 1 aliphatic heterocycles. The molecular formula is C17H25NO3. The molecule has 4 nitrogen and oxygen atoms in total. The molecule has 0 radical (unpaired) electrons. The summed E-state index contributed by atoms with van der Waals surface area (Å²) in [5.74, 6) is 0.184. The van der Waals surface area contributed by atoms with Crippen molar-refractivity contribution < 1.29 is 14.6 Å². The summed E-state index contributed by atoms with van der Waals surface area (Å²) >= 11 is 0. The fourth-order valence-corrected chi connectivity index (χ4v) is 2.68. The first-order valence-corrected chi connectivity index (χ1v) is 7.73. The zero-order chi connectivity index (χ0) is 15.1. The number of aliphatic hydroxyl groups is 1. The quantitative estimate of drug-likeness (QED) is 0.815. The van der Waals surface area contributed by atoms with Gasteiger partial charge >= 0.3 is 5.97 Å². The van der Waals surface area contributed by atoms with Crippen LogP contribution in [0.1, 0.15) is 25.3 Å². The fraction of sp³-hybridized carbons (Fsp3) is 0.588. The van der Waals surface area contributed by atoms with Crippen LogP contribution in [0.15, 0.2) is 30.3 Å². The zero-order valence-electron chi connectivity index (χ0n) is 12.7. The van der Waals surface area contributed by atoms with Gasteiger partial charge in [0.25, 0.3) is 0 Å². The molecule has 1 aromatic rings. The molecule has 0 amide bonds. The Morgan fingerprint density at radius 3 is 2.62 bits per heavy atom. The molecule has 1 aliphatic rings. The second-order valence-corrected chi connectivity index (χ2v) is 5.92. The molecular weight excluding hydrogens is 266 g/mol. The Balaban J connectivity index is 1.70. The van der Waals surface area contributed by atoms with Crippen LogP contribution in [0.25, 0.3) is 0 Å². The summed E-state index contributed by atoms with van der Waals surface area (Å²) in [5, 5.41) is 9.13. The van der Waals surface area contributed by atoms with Crippen LogP contribution in [-0.2, 0) is 16.1 Å². The number of nitrogens with zero attached hydrogens (tertiary/aromatic N) is 1. The molecule has 1 atom stereocenters. The summed E-state index contributed by atoms with van der Waals surface area (Å²) in [6.07, 6.45) is 2.03. The van der Waals surface area contributed by atoms with Crippen molar-refractivity contribution in [3.63, 3.8) is 0 Å². The molecule has 0 aromatic heterocycles. The van der Waals surface area contributed by atoms with E-state index >= 15 is 0 Å². The predicted molar refractivity (Wildman–Crippen MR) is 81.7 cm³/mol. The zero-order valence-corrected chi connectivity index (χ0v) is 12.7. The Bertz CT molecular complexity index is 427. The Morgan fingerprint density at radius 1 is 1.33 bits per heavy atom. The summed E-state index contributed by atoms with van der Waals surface area (Å²) in [4.78, 5) is 14.3. The van der Waals surface area contributed by atoms with Crippen LogP contribution in [0, 0.1) is 11.8 Å². The highest BCUT2D eigenvalue weighted by Crippen LogP contribution is 2.17. The molecule has 21 heavy (non-hydrogen) atoms. The van der Waals surface area contributed by atoms with Gasteiger partial charge in [-0.15, -0.1) is 0 Å². The lowest BCUT2D eigenvalue weighted by molar-refractivity contribution is -0.150. The number of hydrogen-bond donors (Lipinski definition) is 1. The minimum Gasteiger partial charge on any atom is -0.461 e. The first-order valence-electron chi connectivity index (χ1n) is 7.73. The normalized spacial score (nSPS) is 18.4. The Kier molecular flexibility index (Phi) is 6.21. The maximum atomic E-state index is 12.0. The van der Waals surface area contributed by atoms with Crippen molar-refractivity contribution in [2.75, 3.05) is 26.2 Å². The number of carbonyl (C=O) groups excluding carboxylic acids is 1. The number of ether oxygens (including phenoxy) is 1. The van der Waals surface area contributed by atoms with E-state index in [1.54, 1.807) is 0 Å². The van der Waals surface area contributed by atoms with Crippen molar-refractivity contribution in [3.8, 4) is 0 Å². The maximum Gasteiger partial charge on any atom is 0.310 e. The van der Waals surface area contributed by atoms with Gasteiger partial charge in [-0.3, -0.25) is 4.79 Å². The molecule has 1 unspecified atom stereocenters. The van der Waals surface area contributed by atoms with E-state index in [0.29, 0.717) is 12.5 Å². The van der Waals surface area contributed by atoms with E-state index in [9.17, 15) is 4.79 Å². The number of esters is 1. The van der Waals surface area contributed by atoms with Crippen LogP contribution in [0.5, 0.6) is 0 Å². The van der Waals surface area contributed by atoms with Crippen LogP contribution in [0.4, 0.5) is 0 Å². The van der Waals surface area contributed by atoms with E-state index in [-0.39, 0.29) is 18.5 Å². The van der Waals surface area contributed by atoms with Gasteiger partial charge in [-0.1, -0.05) is 37.3 Å². The minimum atomic E-state index is -0.136. The van der Waals surface area contributed by atoms with Crippen molar-refractivity contribution in [3.05, 3.63) is 35.9 Å². The van der Waals surface area contributed by atoms with Gasteiger partial charge in [-0.05, 0) is 37.4 Å². The second-order valence-electron chi connectivity index (χ2n) is 5.92. The maximum absolute atomic E-state index is 12.0. The summed E-state index contributed by atoms with van der Waals surface area (Å²) < 4.78 is 5.37. The van der Waals surface area contributed by atoms with Crippen molar-refractivity contribution >= 4 is 5.97 Å². The van der Waals surface area contributed by atoms with E-state index in [1.165, 1.54) is 0 Å². The Morgan fingerprint density at radius 2 is 2.00 bits per heavy atom. The van der Waals surface area contributed by atoms with Crippen molar-refractivity contribution in [1.82, 2.24) is 4.90 Å². The first-order chi connectivity index (χ1) is 10.2. The summed E-state index contributed by atoms with van der Waals surface area (Å²) in [6, 6.07) is 9.75. The highest BCUT2D eigenvalue weighted by atomic mass is 16.5. The Labute approximate surface area is 126 Å². The molecule has 1 fully saturated rings. The van der Waals surface area contributed by atoms with E-state index in [4.69, 9.17) is 9.84 Å². The molecule has 1 aromatic carbocycles. The number of benzene rings is 1. The third kappa shape index (κ3) is 5.14. The number of aliphatic hydroxyl groups excluding tert-OH is 1. The summed E-state index contributed by atoms with van der Waals surface area (Å²) in [6.45, 7) is 5.21. The molecule has 0 spiro atoms. The largest absolute Gasteiger partial charge is 0.461 e. The van der Waals surface area contributed by atoms with Crippen molar-refractivity contribution in [2.45, 2.75) is 26.4 Å². The Hall–Kier alpha value is -1.39. The van der Waals surface area contributed by atoms with E-state index in [2.05, 4.69) is 4.90 Å². The van der Waals surface area contributed by atoms with Crippen LogP contribution in [0.2, 0.25) is 0 Å². The molecule has 4 heteroatoms. The highest BCUT2D eigenvalue weighted by molar-refractivity contribution is 5.72. The highest BCUT2D eigenvalue weighted by Gasteiger charge is 2.23. The van der Waals surface area contributed by atoms with Gasteiger partial charge in [0.1, 0.15) is 6.61 Å². The molecule has 0 aliphatic carbocycles. The number of rotatable bonds is 6. The monoisotopic (exact) mass is 291 g/mol. The van der Waals surface area contributed by atoms with Gasteiger partial charge in [0.15, 0.2) is 0 Å². The third-order valence-corrected chi connectivity index (χ3v) is 4.12. The minimum absolute atomic E-state index is 0.112. The van der Waals surface area contributed by atoms with Crippen LogP contribution >= 0.6 is 0 Å². The predicted octanol–water partition coefficient (Wildman–Crippen LogP) is 2.07. The van der Waals surface area contributed by atoms with E-state index < -0.39 is 0 Å². The van der Waals surface area contributed by atoms with Crippen LogP contribution in [0.3, 0.4) is 0 Å². The van der Waals surface area contributed by atoms with Gasteiger partial charge in [-0.2, -0.15) is 0 Å². The lowest BCUT2D eigenvalue weighted by Crippen LogP contribution is -2.39. The number of carbonyl (C=O) groups is 1. The lowest BCUT2D eigenvalue weighted by atomic mass is 9.97. The third-order valence-electron chi connectivity index (χ3n) is 4.12. The molecule has 116 valence electrons. The van der Waals surface area contributed by atoms with E-state index in [1.807, 2.05) is 37.3 Å². The summed E-state index contributed by atoms with van der Waals surface area (Å²) in [5.41, 5.74) is 1.02. The van der Waals surface area contributed by atoms with Crippen molar-refractivity contribution in [1.29, 1.82) is 0 Å². The second kappa shape index (κ2) is 8.15. The number of piperidine rings is 1. The molecule has 1 N–H and O–H groups in total. The van der Waals surface area contributed by atoms with Crippen LogP contribution < -0.4 is 0 Å². The SMILES string of the molecule is CC(CN1CCC(CO)CC1)C(=O)OCc1ccccc1. The number of hydrogen-bond acceptors (Lipinski definition) is 4. The molecule has 0 saturated carbocycles. The molecule has 1 saturated heterocycles. The standard InChI is InChI=1S/C17H25NO3/c1-14(11-18-9-7-15(12-19)8-10-18)17(20)21-13-16-5-3-2-4-6-16/h2-6,14-15,19H,7-13H2,1H3. The molecule has 0 bridgehead atoms. The van der Waals surface area contributed by atoms with Gasteiger partial charge < -0.3 is 14.7 Å². The number of likely N-dealkylation sites (tertiary alicyclic amines) is 1. The first kappa shape index (κ1) is 16.0. The summed E-state index contributed by atoms with van der Waals surface area (Å²) in [7, 11) is 0. The topological polar surface area (TPSA) is 49.8 Å². The molecule has 1 heterocycles. The van der Waals surface area contributed by atoms with Gasteiger partial charge in [-0.25, -0.2) is 0 Å². The van der Waals surface area contributed by atoms with Gasteiger partial charge in [0.2, 0.25) is 0 Å². The average molecular weight is 291 g/mol. The van der Waals surface area contributed by atoms with E-state index in [0.717, 1.165) is 38.0 Å². The van der Waals surface area contributed by atoms with Gasteiger partial charge in [0.05, 0.1) is 5.92 Å². The fourth-order valence-electron chi connectivity index (χ4n) is 2.68. The average Bonchev–Trinajstić information content (AvgIpc) is 2.54. The molecule has 2 rings (SSSR count). The van der Waals surface area contributed by atoms with Gasteiger partial charge in [0, 0.05) is 13.2 Å². The lowest BCUT2D eigenvalue weighted by Gasteiger charge is -2.32. The van der Waals surface area contributed by atoms with Crippen LogP contribution in [-0.4, -0.2) is 42.2 Å².